The van der Waals surface area contributed by atoms with Gasteiger partial charge in [-0.2, -0.15) is 0 Å². The smallest absolute Gasteiger partial charge is 0.245 e. The van der Waals surface area contributed by atoms with Crippen LogP contribution >= 0.6 is 27.5 Å². The van der Waals surface area contributed by atoms with Gasteiger partial charge in [-0.25, -0.2) is 4.39 Å². The summed E-state index contributed by atoms with van der Waals surface area (Å²) in [5.74, 6) is -1.17. The fourth-order valence-corrected chi connectivity index (χ4v) is 3.45. The molecular formula is C17H20BrClFNO4Si. The molecule has 0 aliphatic carbocycles. The Hall–Kier alpha value is -1.51. The third-order valence-corrected chi connectivity index (χ3v) is 4.92. The fraction of sp³-hybridized carbons (Fsp3) is 0.353. The van der Waals surface area contributed by atoms with E-state index in [1.165, 1.54) is 12.1 Å². The van der Waals surface area contributed by atoms with E-state index < -0.39 is 14.1 Å². The Morgan fingerprint density at radius 1 is 1.42 bits per heavy atom. The van der Waals surface area contributed by atoms with Gasteiger partial charge in [0.15, 0.2) is 5.76 Å². The first kappa shape index (κ1) is 20.8. The summed E-state index contributed by atoms with van der Waals surface area (Å²) in [7, 11) is -2.14. The van der Waals surface area contributed by atoms with Crippen LogP contribution in [0.3, 0.4) is 0 Å². The van der Waals surface area contributed by atoms with Crippen molar-refractivity contribution in [3.05, 3.63) is 29.0 Å². The van der Waals surface area contributed by atoms with Crippen molar-refractivity contribution in [2.75, 3.05) is 10.6 Å². The zero-order valence-electron chi connectivity index (χ0n) is 14.7. The molecule has 2 aromatic rings. The van der Waals surface area contributed by atoms with Gasteiger partial charge in [-0.15, -0.1) is 0 Å². The van der Waals surface area contributed by atoms with Gasteiger partial charge in [0.25, 0.3) is 0 Å². The summed E-state index contributed by atoms with van der Waals surface area (Å²) in [4.78, 5) is 12.1. The molecule has 1 aromatic carbocycles. The van der Waals surface area contributed by atoms with Gasteiger partial charge in [0.05, 0.1) is 5.02 Å². The summed E-state index contributed by atoms with van der Waals surface area (Å²) in [5.41, 5.74) is 0.172. The van der Waals surface area contributed by atoms with Crippen LogP contribution in [0.1, 0.15) is 12.8 Å². The van der Waals surface area contributed by atoms with E-state index >= 15 is 0 Å². The minimum Gasteiger partial charge on any atom is -0.538 e. The molecule has 2 N–H and O–H groups in total. The van der Waals surface area contributed by atoms with Crippen LogP contribution in [0.25, 0.3) is 11.3 Å². The number of aromatic hydroxyl groups is 1. The molecule has 0 saturated carbocycles. The summed E-state index contributed by atoms with van der Waals surface area (Å²) in [6.07, 6.45) is 0.917. The predicted octanol–water partition coefficient (Wildman–Crippen LogP) is 5.77. The van der Waals surface area contributed by atoms with Crippen molar-refractivity contribution in [2.45, 2.75) is 32.5 Å². The minimum absolute atomic E-state index is 0.0141. The van der Waals surface area contributed by atoms with Crippen molar-refractivity contribution >= 4 is 47.6 Å². The van der Waals surface area contributed by atoms with Crippen LogP contribution in [0.2, 0.25) is 24.7 Å². The second-order valence-electron chi connectivity index (χ2n) is 6.62. The molecule has 0 spiro atoms. The largest absolute Gasteiger partial charge is 0.538 e. The normalized spacial score (nSPS) is 11.5. The molecule has 0 unspecified atom stereocenters. The quantitative estimate of drug-likeness (QED) is 0.403. The van der Waals surface area contributed by atoms with Gasteiger partial charge in [0, 0.05) is 17.3 Å². The first-order chi connectivity index (χ1) is 12.1. The summed E-state index contributed by atoms with van der Waals surface area (Å²) >= 11 is 9.38. The van der Waals surface area contributed by atoms with Gasteiger partial charge in [0.1, 0.15) is 5.82 Å². The number of nitrogens with one attached hydrogen (secondary N) is 1. The molecule has 0 fully saturated rings. The van der Waals surface area contributed by atoms with E-state index in [1.54, 1.807) is 0 Å². The van der Waals surface area contributed by atoms with Crippen LogP contribution < -0.4 is 9.74 Å². The number of alkyl halides is 1. The lowest BCUT2D eigenvalue weighted by molar-refractivity contribution is -0.116. The number of rotatable bonds is 7. The number of halogens is 3. The van der Waals surface area contributed by atoms with E-state index in [-0.39, 0.29) is 46.1 Å². The topological polar surface area (TPSA) is 71.7 Å². The highest BCUT2D eigenvalue weighted by Gasteiger charge is 2.29. The van der Waals surface area contributed by atoms with E-state index in [4.69, 9.17) is 20.4 Å². The monoisotopic (exact) mass is 463 g/mol. The SMILES string of the molecule is C[Si](C)(C)Oc1c(NC(=O)CCCBr)oc(-c2cc(F)ccc2Cl)c1O. The summed E-state index contributed by atoms with van der Waals surface area (Å²) in [6, 6.07) is 3.71. The Kier molecular flexibility index (Phi) is 6.76. The Morgan fingerprint density at radius 2 is 2.12 bits per heavy atom. The standard InChI is InChI=1S/C17H20BrClFNO4Si/c1-26(2,3)25-16-14(23)15(11-9-10(20)6-7-12(11)19)24-17(16)21-13(22)5-4-8-18/h6-7,9,23H,4-5,8H2,1-3H3,(H,21,22). The molecule has 142 valence electrons. The lowest BCUT2D eigenvalue weighted by Gasteiger charge is -2.18. The molecule has 1 aromatic heterocycles. The van der Waals surface area contributed by atoms with Crippen molar-refractivity contribution in [2.24, 2.45) is 0 Å². The number of benzene rings is 1. The first-order valence-corrected chi connectivity index (χ1v) is 12.9. The zero-order valence-corrected chi connectivity index (χ0v) is 18.0. The van der Waals surface area contributed by atoms with Crippen LogP contribution in [-0.4, -0.2) is 24.7 Å². The maximum absolute atomic E-state index is 13.6. The molecular weight excluding hydrogens is 445 g/mol. The van der Waals surface area contributed by atoms with Crippen molar-refractivity contribution < 1.29 is 23.1 Å². The van der Waals surface area contributed by atoms with Crippen LogP contribution in [0.4, 0.5) is 10.3 Å². The summed E-state index contributed by atoms with van der Waals surface area (Å²) in [6.45, 7) is 5.76. The van der Waals surface area contributed by atoms with Crippen molar-refractivity contribution in [1.29, 1.82) is 0 Å². The number of hydrogen-bond donors (Lipinski definition) is 2. The maximum atomic E-state index is 13.6. The van der Waals surface area contributed by atoms with E-state index in [0.29, 0.717) is 11.8 Å². The molecule has 26 heavy (non-hydrogen) atoms. The number of carbonyl (C=O) groups excluding carboxylic acids is 1. The van der Waals surface area contributed by atoms with Gasteiger partial charge in [-0.1, -0.05) is 27.5 Å². The van der Waals surface area contributed by atoms with Crippen LogP contribution in [-0.2, 0) is 4.79 Å². The average Bonchev–Trinajstić information content (AvgIpc) is 2.83. The fourth-order valence-electron chi connectivity index (χ4n) is 2.16. The summed E-state index contributed by atoms with van der Waals surface area (Å²) in [5, 5.41) is 14.1. The molecule has 0 bridgehead atoms. The molecule has 0 aliphatic heterocycles. The highest BCUT2D eigenvalue weighted by atomic mass is 79.9. The highest BCUT2D eigenvalue weighted by Crippen LogP contribution is 2.48. The number of furan rings is 1. The van der Waals surface area contributed by atoms with E-state index in [1.807, 2.05) is 19.6 Å². The maximum Gasteiger partial charge on any atom is 0.245 e. The Morgan fingerprint density at radius 3 is 2.73 bits per heavy atom. The number of hydrogen-bond acceptors (Lipinski definition) is 4. The van der Waals surface area contributed by atoms with Crippen LogP contribution in [0.5, 0.6) is 11.5 Å². The number of anilines is 1. The Bertz CT molecular complexity index is 807. The average molecular weight is 465 g/mol. The minimum atomic E-state index is -2.14. The van der Waals surface area contributed by atoms with E-state index in [9.17, 15) is 14.3 Å². The third-order valence-electron chi connectivity index (χ3n) is 3.21. The van der Waals surface area contributed by atoms with E-state index in [2.05, 4.69) is 21.2 Å². The second kappa shape index (κ2) is 8.45. The van der Waals surface area contributed by atoms with Crippen molar-refractivity contribution in [1.82, 2.24) is 0 Å². The lowest BCUT2D eigenvalue weighted by Crippen LogP contribution is -2.29. The Balaban J connectivity index is 2.49. The number of carbonyl (C=O) groups is 1. The molecule has 0 aliphatic rings. The molecule has 2 rings (SSSR count). The lowest BCUT2D eigenvalue weighted by atomic mass is 10.1. The highest BCUT2D eigenvalue weighted by molar-refractivity contribution is 9.09. The molecule has 0 atom stereocenters. The predicted molar refractivity (Wildman–Crippen MR) is 106 cm³/mol. The zero-order chi connectivity index (χ0) is 19.5. The molecule has 0 saturated heterocycles. The molecule has 1 amide bonds. The van der Waals surface area contributed by atoms with Gasteiger partial charge in [0.2, 0.25) is 31.6 Å². The van der Waals surface area contributed by atoms with Crippen LogP contribution in [0.15, 0.2) is 22.6 Å². The van der Waals surface area contributed by atoms with Crippen LogP contribution in [0, 0.1) is 5.82 Å². The second-order valence-corrected chi connectivity index (χ2v) is 12.2. The molecule has 9 heteroatoms. The molecule has 0 radical (unpaired) electrons. The van der Waals surface area contributed by atoms with Crippen molar-refractivity contribution in [3.63, 3.8) is 0 Å². The van der Waals surface area contributed by atoms with Gasteiger partial charge < -0.3 is 13.9 Å². The Labute approximate surface area is 165 Å². The number of amides is 1. The first-order valence-electron chi connectivity index (χ1n) is 7.98. The van der Waals surface area contributed by atoms with Gasteiger partial charge >= 0.3 is 0 Å². The third kappa shape index (κ3) is 5.25. The van der Waals surface area contributed by atoms with Gasteiger partial charge in [-0.3, -0.25) is 10.1 Å². The summed E-state index contributed by atoms with van der Waals surface area (Å²) < 4.78 is 25.1. The van der Waals surface area contributed by atoms with Crippen molar-refractivity contribution in [3.8, 4) is 22.8 Å². The van der Waals surface area contributed by atoms with E-state index in [0.717, 1.165) is 6.07 Å². The van der Waals surface area contributed by atoms with Gasteiger partial charge in [-0.05, 0) is 44.3 Å². The molecule has 5 nitrogen and oxygen atoms in total. The molecule has 1 heterocycles.